The first-order chi connectivity index (χ1) is 10.6. The van der Waals surface area contributed by atoms with Crippen LogP contribution in [0.5, 0.6) is 0 Å². The zero-order valence-electron chi connectivity index (χ0n) is 13.3. The number of nitrogens with zero attached hydrogens (tertiary/aromatic N) is 4. The summed E-state index contributed by atoms with van der Waals surface area (Å²) in [4.78, 5) is 9.15. The standard InChI is InChI=1S/C16H21N5S/c1-11-5-4-6-14(12(11)2)20-7-9-21(10-8-20)15-13(3)18-19-16(22)17-15/h4-6H,7-10H2,1-3H3,(H,17,19,22). The van der Waals surface area contributed by atoms with E-state index in [0.29, 0.717) is 4.77 Å². The monoisotopic (exact) mass is 315 g/mol. The molecule has 0 saturated carbocycles. The third kappa shape index (κ3) is 2.83. The Morgan fingerprint density at radius 1 is 1.05 bits per heavy atom. The second kappa shape index (κ2) is 6.04. The van der Waals surface area contributed by atoms with E-state index >= 15 is 0 Å². The number of piperazine rings is 1. The quantitative estimate of drug-likeness (QED) is 0.864. The predicted octanol–water partition coefficient (Wildman–Crippen LogP) is 2.79. The van der Waals surface area contributed by atoms with Crippen LogP contribution in [0.1, 0.15) is 16.8 Å². The van der Waals surface area contributed by atoms with Crippen molar-refractivity contribution in [2.45, 2.75) is 20.8 Å². The lowest BCUT2D eigenvalue weighted by molar-refractivity contribution is 0.639. The molecule has 1 aromatic carbocycles. The number of benzene rings is 1. The summed E-state index contributed by atoms with van der Waals surface area (Å²) < 4.78 is 0.442. The molecule has 22 heavy (non-hydrogen) atoms. The van der Waals surface area contributed by atoms with Gasteiger partial charge in [0.05, 0.1) is 0 Å². The smallest absolute Gasteiger partial charge is 0.215 e. The van der Waals surface area contributed by atoms with Gasteiger partial charge in [-0.3, -0.25) is 5.10 Å². The SMILES string of the molecule is Cc1cccc(N2CCN(c3nc(=S)[nH]nc3C)CC2)c1C. The van der Waals surface area contributed by atoms with E-state index in [2.05, 4.69) is 57.0 Å². The Kier molecular flexibility index (Phi) is 4.11. The number of nitrogens with one attached hydrogen (secondary N) is 1. The fraction of sp³-hybridized carbons (Fsp3) is 0.438. The van der Waals surface area contributed by atoms with Crippen LogP contribution in [0.4, 0.5) is 11.5 Å². The summed E-state index contributed by atoms with van der Waals surface area (Å²) in [5.41, 5.74) is 4.95. The molecule has 6 heteroatoms. The van der Waals surface area contributed by atoms with Crippen molar-refractivity contribution < 1.29 is 0 Å². The van der Waals surface area contributed by atoms with Gasteiger partial charge in [0.25, 0.3) is 0 Å². The first-order valence-electron chi connectivity index (χ1n) is 7.55. The summed E-state index contributed by atoms with van der Waals surface area (Å²) in [5, 5.41) is 6.95. The summed E-state index contributed by atoms with van der Waals surface area (Å²) in [5.74, 6) is 0.907. The van der Waals surface area contributed by atoms with Crippen LogP contribution in [-0.2, 0) is 0 Å². The number of aromatic nitrogens is 3. The van der Waals surface area contributed by atoms with Gasteiger partial charge < -0.3 is 9.80 Å². The molecule has 0 radical (unpaired) electrons. The van der Waals surface area contributed by atoms with Crippen LogP contribution in [0.25, 0.3) is 0 Å². The van der Waals surface area contributed by atoms with Crippen LogP contribution >= 0.6 is 12.2 Å². The molecule has 0 spiro atoms. The molecule has 116 valence electrons. The van der Waals surface area contributed by atoms with E-state index in [1.54, 1.807) is 0 Å². The molecule has 0 bridgehead atoms. The number of hydrogen-bond acceptors (Lipinski definition) is 5. The molecule has 1 fully saturated rings. The first kappa shape index (κ1) is 15.0. The zero-order chi connectivity index (χ0) is 15.7. The zero-order valence-corrected chi connectivity index (χ0v) is 14.1. The Hall–Kier alpha value is -1.95. The minimum Gasteiger partial charge on any atom is -0.368 e. The molecular weight excluding hydrogens is 294 g/mol. The summed E-state index contributed by atoms with van der Waals surface area (Å²) in [7, 11) is 0. The second-order valence-electron chi connectivity index (χ2n) is 5.74. The highest BCUT2D eigenvalue weighted by Crippen LogP contribution is 2.25. The molecule has 1 aromatic heterocycles. The maximum Gasteiger partial charge on any atom is 0.215 e. The van der Waals surface area contributed by atoms with Crippen molar-refractivity contribution in [3.63, 3.8) is 0 Å². The van der Waals surface area contributed by atoms with E-state index < -0.39 is 0 Å². The summed E-state index contributed by atoms with van der Waals surface area (Å²) >= 11 is 5.09. The largest absolute Gasteiger partial charge is 0.368 e. The van der Waals surface area contributed by atoms with E-state index in [0.717, 1.165) is 37.7 Å². The fourth-order valence-electron chi connectivity index (χ4n) is 2.92. The van der Waals surface area contributed by atoms with Gasteiger partial charge >= 0.3 is 0 Å². The van der Waals surface area contributed by atoms with Crippen molar-refractivity contribution in [1.82, 2.24) is 15.2 Å². The first-order valence-corrected chi connectivity index (χ1v) is 7.96. The summed E-state index contributed by atoms with van der Waals surface area (Å²) in [6.07, 6.45) is 0. The Labute approximate surface area is 136 Å². The maximum atomic E-state index is 5.09. The molecule has 0 unspecified atom stereocenters. The van der Waals surface area contributed by atoms with Gasteiger partial charge in [-0.1, -0.05) is 12.1 Å². The third-order valence-electron chi connectivity index (χ3n) is 4.35. The highest BCUT2D eigenvalue weighted by molar-refractivity contribution is 7.71. The molecule has 0 aliphatic carbocycles. The Morgan fingerprint density at radius 2 is 1.73 bits per heavy atom. The normalized spacial score (nSPS) is 15.2. The summed E-state index contributed by atoms with van der Waals surface area (Å²) in [6, 6.07) is 6.51. The molecule has 1 aliphatic heterocycles. The lowest BCUT2D eigenvalue weighted by Crippen LogP contribution is -2.47. The van der Waals surface area contributed by atoms with Gasteiger partial charge in [0.1, 0.15) is 5.69 Å². The number of aromatic amines is 1. The molecule has 2 heterocycles. The van der Waals surface area contributed by atoms with Gasteiger partial charge in [0, 0.05) is 31.9 Å². The number of H-pyrrole nitrogens is 1. The molecule has 1 aliphatic rings. The Morgan fingerprint density at radius 3 is 2.45 bits per heavy atom. The molecular formula is C16H21N5S. The summed E-state index contributed by atoms with van der Waals surface area (Å²) in [6.45, 7) is 10.2. The van der Waals surface area contributed by atoms with E-state index in [1.807, 2.05) is 6.92 Å². The minimum absolute atomic E-state index is 0.442. The van der Waals surface area contributed by atoms with Crippen molar-refractivity contribution in [2.24, 2.45) is 0 Å². The average Bonchev–Trinajstić information content (AvgIpc) is 2.53. The maximum absolute atomic E-state index is 5.09. The molecule has 1 N–H and O–H groups in total. The van der Waals surface area contributed by atoms with E-state index in [-0.39, 0.29) is 0 Å². The van der Waals surface area contributed by atoms with Crippen LogP contribution < -0.4 is 9.80 Å². The van der Waals surface area contributed by atoms with Crippen molar-refractivity contribution in [1.29, 1.82) is 0 Å². The number of anilines is 2. The van der Waals surface area contributed by atoms with Gasteiger partial charge in [0.2, 0.25) is 4.77 Å². The lowest BCUT2D eigenvalue weighted by atomic mass is 10.1. The number of aryl methyl sites for hydroxylation is 2. The number of hydrogen-bond donors (Lipinski definition) is 1. The molecule has 0 amide bonds. The van der Waals surface area contributed by atoms with Gasteiger partial charge in [-0.2, -0.15) is 10.1 Å². The van der Waals surface area contributed by atoms with Crippen LogP contribution in [0.3, 0.4) is 0 Å². The van der Waals surface area contributed by atoms with Crippen LogP contribution in [-0.4, -0.2) is 41.4 Å². The highest BCUT2D eigenvalue weighted by Gasteiger charge is 2.21. The van der Waals surface area contributed by atoms with Gasteiger partial charge in [0.15, 0.2) is 5.82 Å². The molecule has 5 nitrogen and oxygen atoms in total. The average molecular weight is 315 g/mol. The topological polar surface area (TPSA) is 48.0 Å². The molecule has 0 atom stereocenters. The minimum atomic E-state index is 0.442. The van der Waals surface area contributed by atoms with Crippen molar-refractivity contribution in [3.8, 4) is 0 Å². The predicted molar refractivity (Wildman–Crippen MR) is 92.3 cm³/mol. The van der Waals surface area contributed by atoms with Crippen molar-refractivity contribution in [3.05, 3.63) is 39.8 Å². The van der Waals surface area contributed by atoms with Gasteiger partial charge in [-0.05, 0) is 50.2 Å². The third-order valence-corrected chi connectivity index (χ3v) is 4.53. The van der Waals surface area contributed by atoms with E-state index in [4.69, 9.17) is 12.2 Å². The van der Waals surface area contributed by atoms with Crippen LogP contribution in [0.2, 0.25) is 0 Å². The van der Waals surface area contributed by atoms with E-state index in [1.165, 1.54) is 16.8 Å². The Balaban J connectivity index is 1.76. The van der Waals surface area contributed by atoms with Crippen LogP contribution in [0.15, 0.2) is 18.2 Å². The number of rotatable bonds is 2. The van der Waals surface area contributed by atoms with E-state index in [9.17, 15) is 0 Å². The fourth-order valence-corrected chi connectivity index (χ4v) is 3.05. The highest BCUT2D eigenvalue weighted by atomic mass is 32.1. The van der Waals surface area contributed by atoms with Gasteiger partial charge in [-0.25, -0.2) is 0 Å². The van der Waals surface area contributed by atoms with Crippen LogP contribution in [0, 0.1) is 25.5 Å². The van der Waals surface area contributed by atoms with Gasteiger partial charge in [-0.15, -0.1) is 0 Å². The van der Waals surface area contributed by atoms with Crippen molar-refractivity contribution in [2.75, 3.05) is 36.0 Å². The molecule has 1 saturated heterocycles. The molecule has 3 rings (SSSR count). The lowest BCUT2D eigenvalue weighted by Gasteiger charge is -2.37. The van der Waals surface area contributed by atoms with Crippen molar-refractivity contribution >= 4 is 23.7 Å². The molecule has 2 aromatic rings. The Bertz CT molecular complexity index is 732. The second-order valence-corrected chi connectivity index (χ2v) is 6.13.